The summed E-state index contributed by atoms with van der Waals surface area (Å²) in [6.45, 7) is 1.08. The molecule has 1 aromatic rings. The number of hydrogen-bond acceptors (Lipinski definition) is 4. The Morgan fingerprint density at radius 2 is 2.26 bits per heavy atom. The fourth-order valence-corrected chi connectivity index (χ4v) is 3.34. The molecule has 1 atom stereocenters. The van der Waals surface area contributed by atoms with Crippen LogP contribution in [0, 0.1) is 0 Å². The van der Waals surface area contributed by atoms with Crippen molar-refractivity contribution in [2.24, 2.45) is 0 Å². The highest BCUT2D eigenvalue weighted by Gasteiger charge is 2.29. The smallest absolute Gasteiger partial charge is 0.237 e. The summed E-state index contributed by atoms with van der Waals surface area (Å²) in [5.41, 5.74) is 0. The number of nitrogens with one attached hydrogen (secondary N) is 1. The van der Waals surface area contributed by atoms with E-state index in [1.54, 1.807) is 19.2 Å². The molecule has 0 radical (unpaired) electrons. The Bertz CT molecular complexity index is 475. The fourth-order valence-electron chi connectivity index (χ4n) is 2.37. The molecule has 0 spiro atoms. The van der Waals surface area contributed by atoms with Crippen LogP contribution in [0.1, 0.15) is 28.9 Å². The van der Waals surface area contributed by atoms with Crippen LogP contribution in [0.2, 0.25) is 4.34 Å². The van der Waals surface area contributed by atoms with E-state index in [1.807, 2.05) is 4.90 Å². The number of carbonyl (C=O) groups excluding carboxylic acids is 2. The lowest BCUT2D eigenvalue weighted by Gasteiger charge is -2.33. The summed E-state index contributed by atoms with van der Waals surface area (Å²) >= 11 is 7.13. The Labute approximate surface area is 121 Å². The van der Waals surface area contributed by atoms with Crippen LogP contribution in [0.4, 0.5) is 0 Å². The van der Waals surface area contributed by atoms with Gasteiger partial charge in [0, 0.05) is 7.05 Å². The molecule has 1 aliphatic rings. The molecule has 6 heteroatoms. The van der Waals surface area contributed by atoms with Crippen molar-refractivity contribution in [3.8, 4) is 0 Å². The number of halogens is 1. The van der Waals surface area contributed by atoms with E-state index in [4.69, 9.17) is 11.6 Å². The van der Waals surface area contributed by atoms with Crippen molar-refractivity contribution in [3.05, 3.63) is 21.3 Å². The molecule has 0 aromatic carbocycles. The molecule has 0 saturated carbocycles. The highest BCUT2D eigenvalue weighted by molar-refractivity contribution is 7.18. The molecule has 1 N–H and O–H groups in total. The molecule has 0 bridgehead atoms. The van der Waals surface area contributed by atoms with Crippen molar-refractivity contribution < 1.29 is 9.59 Å². The first-order valence-electron chi connectivity index (χ1n) is 6.36. The largest absolute Gasteiger partial charge is 0.358 e. The van der Waals surface area contributed by atoms with E-state index in [2.05, 4.69) is 5.32 Å². The number of carbonyl (C=O) groups is 2. The van der Waals surface area contributed by atoms with Crippen LogP contribution in [0.15, 0.2) is 12.1 Å². The van der Waals surface area contributed by atoms with Crippen LogP contribution in [0.3, 0.4) is 0 Å². The zero-order valence-electron chi connectivity index (χ0n) is 10.8. The first-order chi connectivity index (χ1) is 9.11. The lowest BCUT2D eigenvalue weighted by molar-refractivity contribution is -0.126. The van der Waals surface area contributed by atoms with E-state index in [0.29, 0.717) is 9.21 Å². The van der Waals surface area contributed by atoms with Crippen LogP contribution < -0.4 is 5.32 Å². The van der Waals surface area contributed by atoms with E-state index in [-0.39, 0.29) is 24.3 Å². The summed E-state index contributed by atoms with van der Waals surface area (Å²) in [6.07, 6.45) is 2.89. The number of ketones is 1. The van der Waals surface area contributed by atoms with Gasteiger partial charge in [0.25, 0.3) is 0 Å². The van der Waals surface area contributed by atoms with Gasteiger partial charge in [-0.3, -0.25) is 14.5 Å². The molecule has 2 rings (SSSR count). The van der Waals surface area contributed by atoms with E-state index < -0.39 is 0 Å². The van der Waals surface area contributed by atoms with E-state index in [0.717, 1.165) is 25.8 Å². The average molecular weight is 301 g/mol. The van der Waals surface area contributed by atoms with Crippen molar-refractivity contribution in [2.75, 3.05) is 20.1 Å². The number of likely N-dealkylation sites (tertiary alicyclic amines) is 1. The second-order valence-electron chi connectivity index (χ2n) is 4.62. The maximum absolute atomic E-state index is 12.2. The molecule has 104 valence electrons. The second-order valence-corrected chi connectivity index (χ2v) is 6.34. The third-order valence-corrected chi connectivity index (χ3v) is 4.63. The summed E-state index contributed by atoms with van der Waals surface area (Å²) in [5, 5.41) is 2.67. The number of nitrogens with zero attached hydrogens (tertiary/aromatic N) is 1. The van der Waals surface area contributed by atoms with Crippen molar-refractivity contribution in [3.63, 3.8) is 0 Å². The topological polar surface area (TPSA) is 49.4 Å². The predicted octanol–water partition coefficient (Wildman–Crippen LogP) is 2.18. The van der Waals surface area contributed by atoms with Crippen molar-refractivity contribution in [2.45, 2.75) is 25.3 Å². The molecule has 1 aromatic heterocycles. The number of hydrogen-bond donors (Lipinski definition) is 1. The fraction of sp³-hybridized carbons (Fsp3) is 0.538. The molecule has 2 heterocycles. The Balaban J connectivity index is 2.03. The predicted molar refractivity (Wildman–Crippen MR) is 76.9 cm³/mol. The van der Waals surface area contributed by atoms with Crippen molar-refractivity contribution >= 4 is 34.6 Å². The Hall–Kier alpha value is -0.910. The number of likely N-dealkylation sites (N-methyl/N-ethyl adjacent to an activating group) is 1. The van der Waals surface area contributed by atoms with Gasteiger partial charge in [-0.2, -0.15) is 0 Å². The number of piperidine rings is 1. The van der Waals surface area contributed by atoms with E-state index in [1.165, 1.54) is 11.3 Å². The second kappa shape index (κ2) is 6.50. The summed E-state index contributed by atoms with van der Waals surface area (Å²) in [6, 6.07) is 3.29. The monoisotopic (exact) mass is 300 g/mol. The van der Waals surface area contributed by atoms with Crippen molar-refractivity contribution in [1.82, 2.24) is 10.2 Å². The molecule has 1 fully saturated rings. The Morgan fingerprint density at radius 1 is 1.47 bits per heavy atom. The van der Waals surface area contributed by atoms with Gasteiger partial charge in [-0.05, 0) is 31.5 Å². The summed E-state index contributed by atoms with van der Waals surface area (Å²) in [7, 11) is 1.63. The van der Waals surface area contributed by atoms with Crippen LogP contribution >= 0.6 is 22.9 Å². The summed E-state index contributed by atoms with van der Waals surface area (Å²) in [4.78, 5) is 26.6. The molecule has 19 heavy (non-hydrogen) atoms. The minimum Gasteiger partial charge on any atom is -0.358 e. The van der Waals surface area contributed by atoms with E-state index in [9.17, 15) is 9.59 Å². The Kier molecular flexibility index (Phi) is 4.96. The van der Waals surface area contributed by atoms with Crippen LogP contribution in [-0.4, -0.2) is 42.8 Å². The lowest BCUT2D eigenvalue weighted by Crippen LogP contribution is -2.50. The molecular weight excluding hydrogens is 284 g/mol. The standard InChI is InChI=1S/C13H17ClN2O2S/c1-15-13(18)9-4-2-3-7-16(9)8-10(17)11-5-6-12(14)19-11/h5-6,9H,2-4,7-8H2,1H3,(H,15,18). The third-order valence-electron chi connectivity index (χ3n) is 3.36. The normalized spacial score (nSPS) is 20.2. The maximum Gasteiger partial charge on any atom is 0.237 e. The van der Waals surface area contributed by atoms with Crippen LogP contribution in [0.25, 0.3) is 0 Å². The van der Waals surface area contributed by atoms with Gasteiger partial charge in [0.15, 0.2) is 5.78 Å². The number of thiophene rings is 1. The zero-order valence-corrected chi connectivity index (χ0v) is 12.4. The van der Waals surface area contributed by atoms with Gasteiger partial charge in [0.2, 0.25) is 5.91 Å². The molecule has 1 saturated heterocycles. The quantitative estimate of drug-likeness (QED) is 0.867. The lowest BCUT2D eigenvalue weighted by atomic mass is 10.0. The van der Waals surface area contributed by atoms with Gasteiger partial charge in [-0.15, -0.1) is 11.3 Å². The first kappa shape index (κ1) is 14.5. The maximum atomic E-state index is 12.2. The third kappa shape index (κ3) is 3.55. The highest BCUT2D eigenvalue weighted by atomic mass is 35.5. The molecule has 1 unspecified atom stereocenters. The van der Waals surface area contributed by atoms with Crippen LogP contribution in [-0.2, 0) is 4.79 Å². The highest BCUT2D eigenvalue weighted by Crippen LogP contribution is 2.23. The Morgan fingerprint density at radius 3 is 2.89 bits per heavy atom. The number of amides is 1. The van der Waals surface area contributed by atoms with Crippen LogP contribution in [0.5, 0.6) is 0 Å². The molecule has 4 nitrogen and oxygen atoms in total. The minimum absolute atomic E-state index is 0.00304. The summed E-state index contributed by atoms with van der Waals surface area (Å²) in [5.74, 6) is 0.0319. The van der Waals surface area contributed by atoms with Gasteiger partial charge >= 0.3 is 0 Å². The number of Topliss-reactive ketones (excluding diaryl/α,β-unsaturated/α-hetero) is 1. The summed E-state index contributed by atoms with van der Waals surface area (Å²) < 4.78 is 0.616. The van der Waals surface area contributed by atoms with E-state index >= 15 is 0 Å². The van der Waals surface area contributed by atoms with Crippen molar-refractivity contribution in [1.29, 1.82) is 0 Å². The zero-order chi connectivity index (χ0) is 13.8. The average Bonchev–Trinajstić information content (AvgIpc) is 2.85. The molecule has 0 aliphatic carbocycles. The van der Waals surface area contributed by atoms with Gasteiger partial charge in [0.05, 0.1) is 21.8 Å². The SMILES string of the molecule is CNC(=O)C1CCCCN1CC(=O)c1ccc(Cl)s1. The van der Waals surface area contributed by atoms with Gasteiger partial charge in [-0.25, -0.2) is 0 Å². The minimum atomic E-state index is -0.182. The van der Waals surface area contributed by atoms with Gasteiger partial charge < -0.3 is 5.32 Å². The number of rotatable bonds is 4. The first-order valence-corrected chi connectivity index (χ1v) is 7.55. The molecular formula is C13H17ClN2O2S. The molecule has 1 aliphatic heterocycles. The van der Waals surface area contributed by atoms with Gasteiger partial charge in [-0.1, -0.05) is 18.0 Å². The molecule has 1 amide bonds. The van der Waals surface area contributed by atoms with Gasteiger partial charge in [0.1, 0.15) is 0 Å².